The molecule has 5 heterocycles. The lowest BCUT2D eigenvalue weighted by molar-refractivity contribution is -0.0712. The van der Waals surface area contributed by atoms with Gasteiger partial charge in [-0.05, 0) is 80.1 Å². The molecule has 0 bridgehead atoms. The minimum Gasteiger partial charge on any atom is -0.378 e. The van der Waals surface area contributed by atoms with E-state index in [0.717, 1.165) is 24.7 Å². The van der Waals surface area contributed by atoms with Crippen LogP contribution in [0.5, 0.6) is 0 Å². The second-order valence-corrected chi connectivity index (χ2v) is 9.77. The molecule has 0 atom stereocenters. The summed E-state index contributed by atoms with van der Waals surface area (Å²) in [6, 6.07) is 11.9. The number of benzene rings is 1. The fourth-order valence-electron chi connectivity index (χ4n) is 5.50. The average Bonchev–Trinajstić information content (AvgIpc) is 3.33. The smallest absolute Gasteiger partial charge is 0.160 e. The number of likely N-dealkylation sites (tertiary alicyclic amines) is 1. The lowest BCUT2D eigenvalue weighted by Gasteiger charge is -2.41. The monoisotopic (exact) mass is 429 g/mol. The van der Waals surface area contributed by atoms with E-state index in [-0.39, 0.29) is 0 Å². The molecule has 0 unspecified atom stereocenters. The van der Waals surface area contributed by atoms with E-state index < -0.39 is 0 Å². The number of rotatable bonds is 4. The van der Waals surface area contributed by atoms with Crippen LogP contribution in [0, 0.1) is 6.92 Å². The number of hydrogen-bond acceptors (Lipinski definition) is 4. The third-order valence-electron chi connectivity index (χ3n) is 7.44. The maximum atomic E-state index is 5.39. The number of fused-ring (bicyclic) bond motifs is 2. The average molecular weight is 430 g/mol. The fourth-order valence-corrected chi connectivity index (χ4v) is 5.50. The van der Waals surface area contributed by atoms with Gasteiger partial charge in [0.1, 0.15) is 5.82 Å². The van der Waals surface area contributed by atoms with Crippen LogP contribution in [0.15, 0.2) is 36.5 Å². The predicted octanol–water partition coefficient (Wildman–Crippen LogP) is 4.89. The van der Waals surface area contributed by atoms with Crippen molar-refractivity contribution in [2.45, 2.75) is 51.5 Å². The molecule has 2 aliphatic heterocycles. The second-order valence-electron chi connectivity index (χ2n) is 9.77. The van der Waals surface area contributed by atoms with Crippen LogP contribution in [-0.2, 0) is 4.74 Å². The van der Waals surface area contributed by atoms with Crippen molar-refractivity contribution in [1.29, 1.82) is 0 Å². The van der Waals surface area contributed by atoms with E-state index in [1.54, 1.807) is 0 Å². The van der Waals surface area contributed by atoms with Gasteiger partial charge in [0.25, 0.3) is 0 Å². The van der Waals surface area contributed by atoms with Gasteiger partial charge in [-0.1, -0.05) is 19.9 Å². The zero-order valence-electron chi connectivity index (χ0n) is 19.1. The van der Waals surface area contributed by atoms with Gasteiger partial charge in [0, 0.05) is 22.7 Å². The number of aromatic amines is 1. The van der Waals surface area contributed by atoms with Crippen molar-refractivity contribution in [1.82, 2.24) is 24.5 Å². The SMILES string of the molecule is Cc1nnc2ccc(-c3[nH]c4ccc(C5CCN(C6COC6)CC5)cc4c3C(C)C)cn12. The zero-order chi connectivity index (χ0) is 21.8. The summed E-state index contributed by atoms with van der Waals surface area (Å²) in [5, 5.41) is 9.81. The zero-order valence-corrected chi connectivity index (χ0v) is 19.1. The predicted molar refractivity (Wildman–Crippen MR) is 127 cm³/mol. The van der Waals surface area contributed by atoms with Gasteiger partial charge in [0.15, 0.2) is 5.65 Å². The Hall–Kier alpha value is -2.70. The van der Waals surface area contributed by atoms with Crippen molar-refractivity contribution >= 4 is 16.6 Å². The summed E-state index contributed by atoms with van der Waals surface area (Å²) < 4.78 is 7.46. The maximum Gasteiger partial charge on any atom is 0.160 e. The summed E-state index contributed by atoms with van der Waals surface area (Å²) in [6.45, 7) is 10.8. The largest absolute Gasteiger partial charge is 0.378 e. The van der Waals surface area contributed by atoms with E-state index in [1.165, 1.54) is 59.2 Å². The van der Waals surface area contributed by atoms with E-state index >= 15 is 0 Å². The third kappa shape index (κ3) is 3.24. The minimum atomic E-state index is 0.423. The Morgan fingerprint density at radius 3 is 2.59 bits per heavy atom. The number of ether oxygens (including phenoxy) is 1. The highest BCUT2D eigenvalue weighted by atomic mass is 16.5. The Morgan fingerprint density at radius 2 is 1.88 bits per heavy atom. The Kier molecular flexibility index (Phi) is 4.81. The molecule has 2 fully saturated rings. The van der Waals surface area contributed by atoms with Crippen LogP contribution in [0.2, 0.25) is 0 Å². The molecule has 6 heteroatoms. The summed E-state index contributed by atoms with van der Waals surface area (Å²) in [5.41, 5.74) is 7.38. The van der Waals surface area contributed by atoms with Gasteiger partial charge in [0.05, 0.1) is 24.9 Å². The molecule has 6 nitrogen and oxygen atoms in total. The molecule has 0 saturated carbocycles. The number of hydrogen-bond donors (Lipinski definition) is 1. The van der Waals surface area contributed by atoms with Crippen molar-refractivity contribution in [2.24, 2.45) is 0 Å². The quantitative estimate of drug-likeness (QED) is 0.502. The molecule has 1 N–H and O–H groups in total. The summed E-state index contributed by atoms with van der Waals surface area (Å²) in [7, 11) is 0. The van der Waals surface area contributed by atoms with Gasteiger partial charge in [-0.3, -0.25) is 9.30 Å². The standard InChI is InChI=1S/C26H31N5O/c1-16(2)25-22-12-19(18-8-10-30(11-9-18)21-14-32-15-21)4-6-23(22)27-26(25)20-5-7-24-29-28-17(3)31(24)13-20/h4-7,12-13,16,18,21,27H,8-11,14-15H2,1-3H3. The topological polar surface area (TPSA) is 58.5 Å². The Bertz CT molecular complexity index is 1270. The van der Waals surface area contributed by atoms with E-state index in [0.29, 0.717) is 17.9 Å². The highest BCUT2D eigenvalue weighted by molar-refractivity contribution is 5.92. The summed E-state index contributed by atoms with van der Waals surface area (Å²) in [5.74, 6) is 1.98. The van der Waals surface area contributed by atoms with Gasteiger partial charge in [-0.25, -0.2) is 0 Å². The van der Waals surface area contributed by atoms with E-state index in [9.17, 15) is 0 Å². The molecule has 1 aromatic carbocycles. The summed E-state index contributed by atoms with van der Waals surface area (Å²) >= 11 is 0. The van der Waals surface area contributed by atoms with Crippen LogP contribution in [0.3, 0.4) is 0 Å². The van der Waals surface area contributed by atoms with Crippen LogP contribution in [0.25, 0.3) is 27.8 Å². The first kappa shape index (κ1) is 19.9. The molecule has 4 aromatic rings. The van der Waals surface area contributed by atoms with Crippen molar-refractivity contribution in [3.8, 4) is 11.3 Å². The first-order valence-corrected chi connectivity index (χ1v) is 11.9. The Labute approximate surface area is 188 Å². The van der Waals surface area contributed by atoms with E-state index in [1.807, 2.05) is 6.92 Å². The van der Waals surface area contributed by atoms with Crippen molar-refractivity contribution < 1.29 is 4.74 Å². The molecular weight excluding hydrogens is 398 g/mol. The maximum absolute atomic E-state index is 5.39. The Morgan fingerprint density at radius 1 is 1.06 bits per heavy atom. The number of aryl methyl sites for hydroxylation is 1. The van der Waals surface area contributed by atoms with Crippen molar-refractivity contribution in [3.05, 3.63) is 53.5 Å². The van der Waals surface area contributed by atoms with E-state index in [4.69, 9.17) is 4.74 Å². The van der Waals surface area contributed by atoms with Crippen LogP contribution >= 0.6 is 0 Å². The number of nitrogens with one attached hydrogen (secondary N) is 1. The number of nitrogens with zero attached hydrogens (tertiary/aromatic N) is 4. The summed E-state index contributed by atoms with van der Waals surface area (Å²) in [6.07, 6.45) is 4.63. The molecular formula is C26H31N5O. The molecule has 32 heavy (non-hydrogen) atoms. The summed E-state index contributed by atoms with van der Waals surface area (Å²) in [4.78, 5) is 6.35. The van der Waals surface area contributed by atoms with Crippen LogP contribution < -0.4 is 0 Å². The van der Waals surface area contributed by atoms with Crippen molar-refractivity contribution in [2.75, 3.05) is 26.3 Å². The van der Waals surface area contributed by atoms with Crippen LogP contribution in [0.4, 0.5) is 0 Å². The van der Waals surface area contributed by atoms with Gasteiger partial charge in [-0.2, -0.15) is 0 Å². The lowest BCUT2D eigenvalue weighted by atomic mass is 9.87. The van der Waals surface area contributed by atoms with Gasteiger partial charge >= 0.3 is 0 Å². The van der Waals surface area contributed by atoms with Gasteiger partial charge in [-0.15, -0.1) is 10.2 Å². The molecule has 2 aliphatic rings. The minimum absolute atomic E-state index is 0.423. The fraction of sp³-hybridized carbons (Fsp3) is 0.462. The van der Waals surface area contributed by atoms with Gasteiger partial charge < -0.3 is 9.72 Å². The highest BCUT2D eigenvalue weighted by Gasteiger charge is 2.30. The number of aromatic nitrogens is 4. The van der Waals surface area contributed by atoms with Crippen LogP contribution in [0.1, 0.15) is 55.5 Å². The second kappa shape index (κ2) is 7.71. The first-order chi connectivity index (χ1) is 15.6. The van der Waals surface area contributed by atoms with E-state index in [2.05, 4.69) is 74.9 Å². The molecule has 2 saturated heterocycles. The lowest BCUT2D eigenvalue weighted by Crippen LogP contribution is -2.51. The first-order valence-electron chi connectivity index (χ1n) is 11.9. The molecule has 166 valence electrons. The molecule has 3 aromatic heterocycles. The number of pyridine rings is 1. The van der Waals surface area contributed by atoms with Gasteiger partial charge in [0.2, 0.25) is 0 Å². The number of piperidine rings is 1. The molecule has 0 aliphatic carbocycles. The molecule has 0 amide bonds. The molecule has 6 rings (SSSR count). The molecule has 0 radical (unpaired) electrons. The number of H-pyrrole nitrogens is 1. The van der Waals surface area contributed by atoms with Crippen molar-refractivity contribution in [3.63, 3.8) is 0 Å². The van der Waals surface area contributed by atoms with Crippen LogP contribution in [-0.4, -0.2) is 56.8 Å². The normalized spacial score (nSPS) is 18.8. The Balaban J connectivity index is 1.36. The highest BCUT2D eigenvalue weighted by Crippen LogP contribution is 2.38. The third-order valence-corrected chi connectivity index (χ3v) is 7.44. The molecule has 0 spiro atoms.